The van der Waals surface area contributed by atoms with E-state index in [0.29, 0.717) is 17.1 Å². The highest BCUT2D eigenvalue weighted by Crippen LogP contribution is 2.30. The molecule has 1 atom stereocenters. The Labute approximate surface area is 227 Å². The van der Waals surface area contributed by atoms with Gasteiger partial charge in [0.15, 0.2) is 0 Å². The summed E-state index contributed by atoms with van der Waals surface area (Å²) in [5.74, 6) is -1.47. The predicted octanol–water partition coefficient (Wildman–Crippen LogP) is 4.73. The second-order valence-electron chi connectivity index (χ2n) is 9.33. The molecule has 0 aliphatic carbocycles. The fourth-order valence-corrected chi connectivity index (χ4v) is 3.75. The monoisotopic (exact) mass is 529 g/mol. The van der Waals surface area contributed by atoms with E-state index in [2.05, 4.69) is 10.2 Å². The van der Waals surface area contributed by atoms with Crippen molar-refractivity contribution in [2.24, 2.45) is 0 Å². The van der Waals surface area contributed by atoms with Gasteiger partial charge in [-0.25, -0.2) is 9.64 Å². The van der Waals surface area contributed by atoms with E-state index >= 15 is 0 Å². The molecule has 0 saturated heterocycles. The quantitative estimate of drug-likeness (QED) is 0.348. The smallest absolute Gasteiger partial charge is 0.326 e. The number of carbonyl (C=O) groups is 3. The van der Waals surface area contributed by atoms with Gasteiger partial charge in [-0.1, -0.05) is 36.4 Å². The Kier molecular flexibility index (Phi) is 9.65. The van der Waals surface area contributed by atoms with E-state index in [1.807, 2.05) is 44.2 Å². The Morgan fingerprint density at radius 1 is 0.974 bits per heavy atom. The van der Waals surface area contributed by atoms with Crippen LogP contribution in [0.1, 0.15) is 45.7 Å². The number of amides is 2. The molecular formula is C30H31N3O6. The van der Waals surface area contributed by atoms with Crippen molar-refractivity contribution in [2.75, 3.05) is 14.1 Å². The molecule has 0 radical (unpaired) electrons. The standard InChI is InChI=1S/C30H31N3O6/c1-19(2)39-27-14-12-22(17-24(27)31-3)28(34)32-25(30(36)37)16-21-11-13-26(23(15-21)29(35)33(4)5)38-18-20-9-7-6-8-10-20/h6-15,17,19,25H,16,18H2,1-2,4-5H3,(H,32,34)(H,36,37). The van der Waals surface area contributed by atoms with Crippen LogP contribution in [0.5, 0.6) is 11.5 Å². The minimum atomic E-state index is -1.28. The molecule has 9 heteroatoms. The molecule has 0 bridgehead atoms. The predicted molar refractivity (Wildman–Crippen MR) is 146 cm³/mol. The topological polar surface area (TPSA) is 110 Å². The average molecular weight is 530 g/mol. The molecule has 2 amide bonds. The van der Waals surface area contributed by atoms with Crippen LogP contribution in [-0.2, 0) is 17.8 Å². The summed E-state index contributed by atoms with van der Waals surface area (Å²) in [6, 6.07) is 17.5. The normalized spacial score (nSPS) is 11.3. The summed E-state index contributed by atoms with van der Waals surface area (Å²) in [5.41, 5.74) is 2.04. The molecule has 0 aliphatic rings. The first-order valence-corrected chi connectivity index (χ1v) is 12.3. The van der Waals surface area contributed by atoms with Gasteiger partial charge in [-0.15, -0.1) is 0 Å². The maximum Gasteiger partial charge on any atom is 0.326 e. The first-order valence-electron chi connectivity index (χ1n) is 12.3. The zero-order valence-electron chi connectivity index (χ0n) is 22.3. The average Bonchev–Trinajstić information content (AvgIpc) is 2.91. The second kappa shape index (κ2) is 13.1. The number of carboxylic acid groups (broad SMARTS) is 1. The summed E-state index contributed by atoms with van der Waals surface area (Å²) in [5, 5.41) is 12.3. The number of carbonyl (C=O) groups excluding carboxylic acids is 2. The summed E-state index contributed by atoms with van der Waals surface area (Å²) in [4.78, 5) is 42.6. The molecule has 3 aromatic rings. The van der Waals surface area contributed by atoms with E-state index < -0.39 is 17.9 Å². The fraction of sp³-hybridized carbons (Fsp3) is 0.267. The Bertz CT molecular complexity index is 1380. The Morgan fingerprint density at radius 2 is 1.67 bits per heavy atom. The van der Waals surface area contributed by atoms with Gasteiger partial charge in [0.05, 0.1) is 18.2 Å². The third-order valence-electron chi connectivity index (χ3n) is 5.67. The Hall–Kier alpha value is -4.84. The number of ether oxygens (including phenoxy) is 2. The van der Waals surface area contributed by atoms with Crippen molar-refractivity contribution in [2.45, 2.75) is 39.0 Å². The van der Waals surface area contributed by atoms with Crippen LogP contribution in [0.2, 0.25) is 0 Å². The molecule has 9 nitrogen and oxygen atoms in total. The molecule has 0 heterocycles. The van der Waals surface area contributed by atoms with Crippen LogP contribution < -0.4 is 14.8 Å². The molecule has 202 valence electrons. The number of nitrogens with zero attached hydrogens (tertiary/aromatic N) is 2. The van der Waals surface area contributed by atoms with Crippen molar-refractivity contribution >= 4 is 23.5 Å². The van der Waals surface area contributed by atoms with Crippen LogP contribution in [0.3, 0.4) is 0 Å². The molecule has 0 saturated carbocycles. The van der Waals surface area contributed by atoms with Gasteiger partial charge in [-0.2, -0.15) is 0 Å². The van der Waals surface area contributed by atoms with E-state index in [1.54, 1.807) is 32.3 Å². The number of carboxylic acids is 1. The minimum absolute atomic E-state index is 0.0715. The lowest BCUT2D eigenvalue weighted by Gasteiger charge is -2.19. The van der Waals surface area contributed by atoms with E-state index in [4.69, 9.17) is 16.0 Å². The lowest BCUT2D eigenvalue weighted by molar-refractivity contribution is -0.139. The molecule has 3 rings (SSSR count). The number of hydrogen-bond donors (Lipinski definition) is 2. The third-order valence-corrected chi connectivity index (χ3v) is 5.67. The largest absolute Gasteiger partial charge is 0.502 e. The SMILES string of the molecule is [C-]#[N+]c1cc(C(=O)NC(Cc2ccc(OCc3ccccc3)c(C(=O)N(C)C)c2)C(=O)O)ccc1OC(C)C. The van der Waals surface area contributed by atoms with Gasteiger partial charge in [0, 0.05) is 26.1 Å². The first-order chi connectivity index (χ1) is 18.6. The fourth-order valence-electron chi connectivity index (χ4n) is 3.75. The maximum absolute atomic E-state index is 12.9. The highest BCUT2D eigenvalue weighted by Gasteiger charge is 2.24. The van der Waals surface area contributed by atoms with Gasteiger partial charge in [0.2, 0.25) is 5.69 Å². The molecule has 0 fully saturated rings. The van der Waals surface area contributed by atoms with Gasteiger partial charge in [-0.05, 0) is 55.3 Å². The van der Waals surface area contributed by atoms with Crippen LogP contribution in [0.15, 0.2) is 66.7 Å². The minimum Gasteiger partial charge on any atom is -0.502 e. The molecule has 0 aliphatic heterocycles. The van der Waals surface area contributed by atoms with Crippen LogP contribution in [-0.4, -0.2) is 54.0 Å². The summed E-state index contributed by atoms with van der Waals surface area (Å²) in [7, 11) is 3.23. The van der Waals surface area contributed by atoms with Gasteiger partial charge < -0.3 is 24.8 Å². The van der Waals surface area contributed by atoms with Crippen molar-refractivity contribution in [1.82, 2.24) is 10.2 Å². The van der Waals surface area contributed by atoms with Crippen LogP contribution in [0.25, 0.3) is 4.85 Å². The van der Waals surface area contributed by atoms with Crippen molar-refractivity contribution < 1.29 is 29.0 Å². The molecular weight excluding hydrogens is 498 g/mol. The van der Waals surface area contributed by atoms with Crippen LogP contribution >= 0.6 is 0 Å². The second-order valence-corrected chi connectivity index (χ2v) is 9.33. The van der Waals surface area contributed by atoms with Crippen molar-refractivity contribution in [1.29, 1.82) is 0 Å². The van der Waals surface area contributed by atoms with Gasteiger partial charge in [0.1, 0.15) is 24.1 Å². The van der Waals surface area contributed by atoms with Crippen molar-refractivity contribution in [3.05, 3.63) is 100 Å². The van der Waals surface area contributed by atoms with Crippen molar-refractivity contribution in [3.8, 4) is 11.5 Å². The Morgan fingerprint density at radius 3 is 2.28 bits per heavy atom. The highest BCUT2D eigenvalue weighted by atomic mass is 16.5. The van der Waals surface area contributed by atoms with E-state index in [0.717, 1.165) is 5.56 Å². The number of nitrogens with one attached hydrogen (secondary N) is 1. The van der Waals surface area contributed by atoms with Crippen molar-refractivity contribution in [3.63, 3.8) is 0 Å². The van der Waals surface area contributed by atoms with Gasteiger partial charge >= 0.3 is 5.97 Å². The molecule has 3 aromatic carbocycles. The number of aliphatic carboxylic acids is 1. The molecule has 2 N–H and O–H groups in total. The summed E-state index contributed by atoms with van der Waals surface area (Å²) in [6.45, 7) is 11.3. The van der Waals surface area contributed by atoms with Gasteiger partial charge in [0.25, 0.3) is 11.8 Å². The lowest BCUT2D eigenvalue weighted by Crippen LogP contribution is -2.42. The molecule has 1 unspecified atom stereocenters. The van der Waals surface area contributed by atoms with Gasteiger partial charge in [-0.3, -0.25) is 9.59 Å². The summed E-state index contributed by atoms with van der Waals surface area (Å²) >= 11 is 0. The molecule has 39 heavy (non-hydrogen) atoms. The highest BCUT2D eigenvalue weighted by molar-refractivity contribution is 5.98. The maximum atomic E-state index is 12.9. The van der Waals surface area contributed by atoms with Crippen LogP contribution in [0, 0.1) is 6.57 Å². The number of hydrogen-bond acceptors (Lipinski definition) is 5. The zero-order chi connectivity index (χ0) is 28.5. The zero-order valence-corrected chi connectivity index (χ0v) is 22.3. The number of benzene rings is 3. The molecule has 0 spiro atoms. The lowest BCUT2D eigenvalue weighted by atomic mass is 10.0. The first kappa shape index (κ1) is 28.7. The Balaban J connectivity index is 1.81. The summed E-state index contributed by atoms with van der Waals surface area (Å²) in [6.07, 6.45) is -0.223. The third kappa shape index (κ3) is 7.82. The van der Waals surface area contributed by atoms with Crippen LogP contribution in [0.4, 0.5) is 5.69 Å². The summed E-state index contributed by atoms with van der Waals surface area (Å²) < 4.78 is 11.5. The van der Waals surface area contributed by atoms with E-state index in [9.17, 15) is 19.5 Å². The number of rotatable bonds is 11. The van der Waals surface area contributed by atoms with E-state index in [-0.39, 0.29) is 41.9 Å². The van der Waals surface area contributed by atoms with E-state index in [1.165, 1.54) is 23.1 Å². The molecule has 0 aromatic heterocycles.